The first-order valence-electron chi connectivity index (χ1n) is 35.4. The maximum atomic E-state index is 13.4. The summed E-state index contributed by atoms with van der Waals surface area (Å²) in [6.45, 7) is 1.68. The first kappa shape index (κ1) is 81.0. The van der Waals surface area contributed by atoms with E-state index in [4.69, 9.17) is 28.4 Å². The third kappa shape index (κ3) is 34.1. The summed E-state index contributed by atoms with van der Waals surface area (Å²) >= 11 is 0. The fourth-order valence-electron chi connectivity index (χ4n) is 12.0. The van der Waals surface area contributed by atoms with Gasteiger partial charge in [-0.15, -0.1) is 0 Å². The van der Waals surface area contributed by atoms with Gasteiger partial charge in [-0.05, 0) is 51.4 Å². The fraction of sp³-hybridized carbons (Fsp3) is 0.871. The first-order chi connectivity index (χ1) is 43.3. The first-order valence-corrected chi connectivity index (χ1v) is 35.4. The van der Waals surface area contributed by atoms with Crippen molar-refractivity contribution in [2.45, 2.75) is 362 Å². The highest BCUT2D eigenvalue weighted by Crippen LogP contribution is 2.33. The van der Waals surface area contributed by atoms with E-state index in [2.05, 4.69) is 67.8 Å². The molecule has 0 aromatic rings. The lowest BCUT2D eigenvalue weighted by atomic mass is 9.96. The zero-order valence-electron chi connectivity index (χ0n) is 54.9. The Hall–Kier alpha value is -2.25. The van der Waals surface area contributed by atoms with E-state index in [-0.39, 0.29) is 18.9 Å². The monoisotopic (exact) mass is 1270 g/mol. The average molecular weight is 1270 g/mol. The van der Waals surface area contributed by atoms with Gasteiger partial charge in [-0.2, -0.15) is 0 Å². The predicted octanol–water partition coefficient (Wildman–Crippen LogP) is 9.39. The Balaban J connectivity index is 1.33. The second kappa shape index (κ2) is 52.1. The molecule has 12 N–H and O–H groups in total. The molecule has 0 spiro atoms. The van der Waals surface area contributed by atoms with Gasteiger partial charge in [-0.3, -0.25) is 4.79 Å². The van der Waals surface area contributed by atoms with Crippen molar-refractivity contribution in [3.05, 3.63) is 48.6 Å². The van der Waals surface area contributed by atoms with Crippen LogP contribution in [0.15, 0.2) is 48.6 Å². The Labute approximate surface area is 535 Å². The summed E-state index contributed by atoms with van der Waals surface area (Å²) in [6, 6.07) is -0.885. The molecule has 0 aliphatic carbocycles. The zero-order valence-corrected chi connectivity index (χ0v) is 54.9. The normalized spacial score (nSPS) is 28.5. The van der Waals surface area contributed by atoms with E-state index in [1.54, 1.807) is 0 Å². The lowest BCUT2D eigenvalue weighted by Gasteiger charge is -2.48. The summed E-state index contributed by atoms with van der Waals surface area (Å²) in [5.74, 6) is -0.242. The van der Waals surface area contributed by atoms with Crippen molar-refractivity contribution in [1.29, 1.82) is 0 Å². The van der Waals surface area contributed by atoms with Gasteiger partial charge in [0.15, 0.2) is 18.9 Å². The Bertz CT molecular complexity index is 1800. The second-order valence-corrected chi connectivity index (χ2v) is 25.3. The lowest BCUT2D eigenvalue weighted by molar-refractivity contribution is -0.379. The molecule has 17 atom stereocenters. The smallest absolute Gasteiger partial charge is 0.220 e. The van der Waals surface area contributed by atoms with E-state index in [1.165, 1.54) is 154 Å². The van der Waals surface area contributed by atoms with Crippen LogP contribution in [0.3, 0.4) is 0 Å². The highest BCUT2D eigenvalue weighted by molar-refractivity contribution is 5.76. The van der Waals surface area contributed by atoms with Gasteiger partial charge >= 0.3 is 0 Å². The van der Waals surface area contributed by atoms with Gasteiger partial charge in [0, 0.05) is 6.42 Å². The zero-order chi connectivity index (χ0) is 64.7. The molecule has 0 saturated carbocycles. The highest BCUT2D eigenvalue weighted by Gasteiger charge is 2.53. The van der Waals surface area contributed by atoms with E-state index in [0.717, 1.165) is 70.6 Å². The van der Waals surface area contributed by atoms with Gasteiger partial charge in [0.2, 0.25) is 5.91 Å². The number of hydrogen-bond acceptors (Lipinski definition) is 18. The SMILES string of the molecule is CC/C=C\C/C=C\C/C=C\C/C=C\CCCCCCCCCCCCCCCCCCCCCCC(=O)NC(COC1OC(CO)C(OC2OC(CO)C(OC3OC(CO)C(O)C(O)C3O)C(O)C2O)C(O)C1O)C(O)CCCCCCCCCCCCC. The van der Waals surface area contributed by atoms with Crippen LogP contribution in [-0.2, 0) is 33.2 Å². The molecule has 0 radical (unpaired) electrons. The molecular weight excluding hydrogens is 1140 g/mol. The Morgan fingerprint density at radius 1 is 0.416 bits per heavy atom. The molecule has 3 saturated heterocycles. The van der Waals surface area contributed by atoms with Gasteiger partial charge in [0.05, 0.1) is 38.6 Å². The van der Waals surface area contributed by atoms with Crippen LogP contribution in [0, 0.1) is 0 Å². The third-order valence-corrected chi connectivity index (χ3v) is 17.7. The molecule has 19 heteroatoms. The van der Waals surface area contributed by atoms with Crippen molar-refractivity contribution in [2.24, 2.45) is 0 Å². The van der Waals surface area contributed by atoms with E-state index in [9.17, 15) is 61.0 Å². The molecule has 89 heavy (non-hydrogen) atoms. The van der Waals surface area contributed by atoms with Crippen molar-refractivity contribution in [3.63, 3.8) is 0 Å². The van der Waals surface area contributed by atoms with Gasteiger partial charge in [-0.1, -0.05) is 249 Å². The standard InChI is InChI=1S/C70H127NO18/c1-3-5-7-9-11-13-15-16-17-18-19-20-21-22-23-24-25-26-27-28-29-30-31-32-33-34-35-36-38-40-42-44-46-48-58(76)71-53(54(75)47-45-43-41-39-37-14-12-10-8-6-4-2)52-84-68-64(82)61(79)66(56(50-73)86-68)89-70-65(83)62(80)67(57(51-74)87-70)88-69-63(81)60(78)59(77)55(49-72)85-69/h5,7,11,13,16-17,19-20,53-57,59-70,72-75,77-83H,3-4,6,8-10,12,14-15,18,21-52H2,1-2H3,(H,71,76)/b7-5-,13-11-,17-16-,20-19-. The molecule has 0 aromatic heterocycles. The molecule has 3 rings (SSSR count). The van der Waals surface area contributed by atoms with Crippen molar-refractivity contribution in [3.8, 4) is 0 Å². The molecule has 3 fully saturated rings. The van der Waals surface area contributed by atoms with E-state index in [0.29, 0.717) is 12.8 Å². The van der Waals surface area contributed by atoms with Gasteiger partial charge < -0.3 is 89.9 Å². The summed E-state index contributed by atoms with van der Waals surface area (Å²) in [5, 5.41) is 120. The summed E-state index contributed by atoms with van der Waals surface area (Å²) in [7, 11) is 0. The Morgan fingerprint density at radius 3 is 1.21 bits per heavy atom. The van der Waals surface area contributed by atoms with Crippen molar-refractivity contribution >= 4 is 5.91 Å². The maximum absolute atomic E-state index is 13.4. The number of carbonyl (C=O) groups excluding carboxylic acids is 1. The second-order valence-electron chi connectivity index (χ2n) is 25.3. The van der Waals surface area contributed by atoms with Crippen molar-refractivity contribution in [2.75, 3.05) is 26.4 Å². The highest BCUT2D eigenvalue weighted by atomic mass is 16.8. The van der Waals surface area contributed by atoms with Crippen LogP contribution in [0.5, 0.6) is 0 Å². The predicted molar refractivity (Wildman–Crippen MR) is 346 cm³/mol. The quantitative estimate of drug-likeness (QED) is 0.0199. The largest absolute Gasteiger partial charge is 0.394 e. The summed E-state index contributed by atoms with van der Waals surface area (Å²) in [5.41, 5.74) is 0. The lowest BCUT2D eigenvalue weighted by Crippen LogP contribution is -2.66. The van der Waals surface area contributed by atoms with Gasteiger partial charge in [0.25, 0.3) is 0 Å². The van der Waals surface area contributed by atoms with E-state index >= 15 is 0 Å². The van der Waals surface area contributed by atoms with Crippen LogP contribution in [0.4, 0.5) is 0 Å². The van der Waals surface area contributed by atoms with Crippen LogP contribution in [0.2, 0.25) is 0 Å². The number of carbonyl (C=O) groups is 1. The number of ether oxygens (including phenoxy) is 6. The summed E-state index contributed by atoms with van der Waals surface area (Å²) in [6.07, 6.45) is 35.1. The fourth-order valence-corrected chi connectivity index (χ4v) is 12.0. The Morgan fingerprint density at radius 2 is 0.775 bits per heavy atom. The van der Waals surface area contributed by atoms with Crippen molar-refractivity contribution in [1.82, 2.24) is 5.32 Å². The number of hydrogen-bond donors (Lipinski definition) is 12. The number of allylic oxidation sites excluding steroid dienone is 8. The topological polar surface area (TPSA) is 307 Å². The molecule has 3 heterocycles. The summed E-state index contributed by atoms with van der Waals surface area (Å²) < 4.78 is 34.4. The number of rotatable bonds is 54. The molecule has 19 nitrogen and oxygen atoms in total. The van der Waals surface area contributed by atoms with E-state index < -0.39 is 124 Å². The minimum absolute atomic E-state index is 0.242. The minimum Gasteiger partial charge on any atom is -0.394 e. The third-order valence-electron chi connectivity index (χ3n) is 17.7. The molecule has 3 aliphatic heterocycles. The van der Waals surface area contributed by atoms with Crippen LogP contribution < -0.4 is 5.32 Å². The maximum Gasteiger partial charge on any atom is 0.220 e. The van der Waals surface area contributed by atoms with Gasteiger partial charge in [0.1, 0.15) is 73.2 Å². The van der Waals surface area contributed by atoms with E-state index in [1.807, 2.05) is 0 Å². The molecule has 17 unspecified atom stereocenters. The molecule has 520 valence electrons. The van der Waals surface area contributed by atoms with Crippen LogP contribution in [-0.4, -0.2) is 193 Å². The minimum atomic E-state index is -1.97. The number of unbranched alkanes of at least 4 members (excludes halogenated alkanes) is 30. The van der Waals surface area contributed by atoms with Gasteiger partial charge in [-0.25, -0.2) is 0 Å². The molecule has 1 amide bonds. The number of aliphatic hydroxyl groups excluding tert-OH is 11. The molecule has 0 bridgehead atoms. The average Bonchev–Trinajstić information content (AvgIpc) is 1.33. The van der Waals surface area contributed by atoms with Crippen molar-refractivity contribution < 1.29 is 89.4 Å². The van der Waals surface area contributed by atoms with Crippen LogP contribution in [0.1, 0.15) is 258 Å². The Kier molecular flexibility index (Phi) is 47.4. The number of amides is 1. The van der Waals surface area contributed by atoms with Crippen LogP contribution >= 0.6 is 0 Å². The molecular formula is C70H127NO18. The number of aliphatic hydroxyl groups is 11. The molecule has 0 aromatic carbocycles. The molecule has 3 aliphatic rings. The summed E-state index contributed by atoms with van der Waals surface area (Å²) in [4.78, 5) is 13.4. The number of nitrogens with one attached hydrogen (secondary N) is 1. The van der Waals surface area contributed by atoms with Crippen LogP contribution in [0.25, 0.3) is 0 Å².